The van der Waals surface area contributed by atoms with Crippen LogP contribution in [0.2, 0.25) is 0 Å². The van der Waals surface area contributed by atoms with Crippen molar-refractivity contribution in [3.05, 3.63) is 11.8 Å². The molecule has 1 heterocycles. The third-order valence-electron chi connectivity index (χ3n) is 3.06. The minimum absolute atomic E-state index is 0.197. The Morgan fingerprint density at radius 3 is 3.00 bits per heavy atom. The van der Waals surface area contributed by atoms with Gasteiger partial charge >= 0.3 is 0 Å². The maximum absolute atomic E-state index is 9.60. The third-order valence-corrected chi connectivity index (χ3v) is 3.06. The maximum atomic E-state index is 9.60. The standard InChI is InChI=1S/C10H16O4/c1-12-9-6-8(11)5-7-3-4-14-10(7,9)13-2/h6-8,11H,3-5H2,1-2H3. The SMILES string of the molecule is COC1=CC(O)CC2CCOC12OC. The Hall–Kier alpha value is -0.580. The highest BCUT2D eigenvalue weighted by Gasteiger charge is 2.52. The van der Waals surface area contributed by atoms with Crippen LogP contribution in [0.1, 0.15) is 12.8 Å². The molecule has 1 fully saturated rings. The fourth-order valence-corrected chi connectivity index (χ4v) is 2.39. The van der Waals surface area contributed by atoms with Crippen LogP contribution < -0.4 is 0 Å². The van der Waals surface area contributed by atoms with Crippen molar-refractivity contribution >= 4 is 0 Å². The molecular formula is C10H16O4. The van der Waals surface area contributed by atoms with Crippen LogP contribution in [0, 0.1) is 5.92 Å². The number of fused-ring (bicyclic) bond motifs is 1. The third kappa shape index (κ3) is 1.26. The molecule has 3 unspecified atom stereocenters. The summed E-state index contributed by atoms with van der Waals surface area (Å²) in [6, 6.07) is 0. The van der Waals surface area contributed by atoms with Crippen LogP contribution in [0.5, 0.6) is 0 Å². The highest BCUT2D eigenvalue weighted by atomic mass is 16.7. The molecule has 0 radical (unpaired) electrons. The van der Waals surface area contributed by atoms with E-state index in [0.29, 0.717) is 18.8 Å². The van der Waals surface area contributed by atoms with Gasteiger partial charge in [0.25, 0.3) is 0 Å². The van der Waals surface area contributed by atoms with E-state index in [2.05, 4.69) is 0 Å². The van der Waals surface area contributed by atoms with Crippen LogP contribution in [0.25, 0.3) is 0 Å². The number of rotatable bonds is 2. The Labute approximate surface area is 83.5 Å². The Balaban J connectivity index is 2.34. The minimum atomic E-state index is -0.742. The van der Waals surface area contributed by atoms with Crippen LogP contribution in [0.4, 0.5) is 0 Å². The molecule has 0 bridgehead atoms. The maximum Gasteiger partial charge on any atom is 0.230 e. The molecule has 0 spiro atoms. The average molecular weight is 200 g/mol. The summed E-state index contributed by atoms with van der Waals surface area (Å²) in [5.41, 5.74) is 0. The van der Waals surface area contributed by atoms with Gasteiger partial charge < -0.3 is 19.3 Å². The smallest absolute Gasteiger partial charge is 0.230 e. The van der Waals surface area contributed by atoms with Gasteiger partial charge in [-0.1, -0.05) is 0 Å². The summed E-state index contributed by atoms with van der Waals surface area (Å²) in [7, 11) is 3.19. The largest absolute Gasteiger partial charge is 0.496 e. The van der Waals surface area contributed by atoms with Crippen molar-refractivity contribution in [1.29, 1.82) is 0 Å². The van der Waals surface area contributed by atoms with E-state index in [1.54, 1.807) is 20.3 Å². The van der Waals surface area contributed by atoms with Gasteiger partial charge in [0.15, 0.2) is 5.76 Å². The predicted octanol–water partition coefficient (Wildman–Crippen LogP) is 0.660. The number of hydrogen-bond acceptors (Lipinski definition) is 4. The zero-order chi connectivity index (χ0) is 10.2. The van der Waals surface area contributed by atoms with Gasteiger partial charge in [-0.15, -0.1) is 0 Å². The predicted molar refractivity (Wildman–Crippen MR) is 49.5 cm³/mol. The zero-order valence-corrected chi connectivity index (χ0v) is 8.53. The van der Waals surface area contributed by atoms with E-state index < -0.39 is 11.9 Å². The first kappa shape index (κ1) is 9.96. The molecule has 3 atom stereocenters. The van der Waals surface area contributed by atoms with Gasteiger partial charge in [-0.05, 0) is 18.9 Å². The molecule has 1 N–H and O–H groups in total. The minimum Gasteiger partial charge on any atom is -0.496 e. The van der Waals surface area contributed by atoms with E-state index in [0.717, 1.165) is 6.42 Å². The average Bonchev–Trinajstić information content (AvgIpc) is 2.60. The molecular weight excluding hydrogens is 184 g/mol. The van der Waals surface area contributed by atoms with Crippen molar-refractivity contribution in [1.82, 2.24) is 0 Å². The van der Waals surface area contributed by atoms with E-state index in [9.17, 15) is 5.11 Å². The Bertz CT molecular complexity index is 251. The Morgan fingerprint density at radius 1 is 1.57 bits per heavy atom. The molecule has 1 aliphatic carbocycles. The lowest BCUT2D eigenvalue weighted by Crippen LogP contribution is -2.44. The Morgan fingerprint density at radius 2 is 2.36 bits per heavy atom. The van der Waals surface area contributed by atoms with Gasteiger partial charge in [0, 0.05) is 13.0 Å². The number of aliphatic hydroxyl groups excluding tert-OH is 1. The summed E-state index contributed by atoms with van der Waals surface area (Å²) in [6.45, 7) is 0.659. The fourth-order valence-electron chi connectivity index (χ4n) is 2.39. The summed E-state index contributed by atoms with van der Waals surface area (Å²) < 4.78 is 16.3. The van der Waals surface area contributed by atoms with Crippen molar-refractivity contribution < 1.29 is 19.3 Å². The van der Waals surface area contributed by atoms with Gasteiger partial charge in [0.1, 0.15) is 0 Å². The van der Waals surface area contributed by atoms with Gasteiger partial charge in [-0.25, -0.2) is 0 Å². The topological polar surface area (TPSA) is 47.9 Å². The Kier molecular flexibility index (Phi) is 2.51. The van der Waals surface area contributed by atoms with Crippen LogP contribution in [-0.2, 0) is 14.2 Å². The van der Waals surface area contributed by atoms with Crippen LogP contribution in [0.15, 0.2) is 11.8 Å². The van der Waals surface area contributed by atoms with Gasteiger partial charge in [-0.2, -0.15) is 0 Å². The molecule has 4 nitrogen and oxygen atoms in total. The second-order valence-electron chi connectivity index (χ2n) is 3.74. The first-order chi connectivity index (χ1) is 6.73. The van der Waals surface area contributed by atoms with Gasteiger partial charge in [-0.3, -0.25) is 0 Å². The molecule has 14 heavy (non-hydrogen) atoms. The monoisotopic (exact) mass is 200 g/mol. The number of methoxy groups -OCH3 is 2. The highest BCUT2D eigenvalue weighted by molar-refractivity contribution is 5.17. The van der Waals surface area contributed by atoms with E-state index in [1.165, 1.54) is 0 Å². The van der Waals surface area contributed by atoms with Crippen LogP contribution in [0.3, 0.4) is 0 Å². The fraction of sp³-hybridized carbons (Fsp3) is 0.800. The van der Waals surface area contributed by atoms with Crippen LogP contribution >= 0.6 is 0 Å². The first-order valence-corrected chi connectivity index (χ1v) is 4.86. The number of ether oxygens (including phenoxy) is 3. The lowest BCUT2D eigenvalue weighted by molar-refractivity contribution is -0.217. The van der Waals surface area contributed by atoms with E-state index in [1.807, 2.05) is 0 Å². The molecule has 0 aromatic rings. The molecule has 0 amide bonds. The molecule has 0 aromatic carbocycles. The van der Waals surface area contributed by atoms with Crippen molar-refractivity contribution in [2.24, 2.45) is 5.92 Å². The quantitative estimate of drug-likeness (QED) is 0.711. The molecule has 2 aliphatic rings. The van der Waals surface area contributed by atoms with Crippen molar-refractivity contribution in [3.8, 4) is 0 Å². The van der Waals surface area contributed by atoms with Crippen LogP contribution in [-0.4, -0.2) is 37.8 Å². The summed E-state index contributed by atoms with van der Waals surface area (Å²) in [5, 5.41) is 9.60. The molecule has 0 saturated carbocycles. The summed E-state index contributed by atoms with van der Waals surface area (Å²) in [4.78, 5) is 0. The molecule has 80 valence electrons. The molecule has 0 aromatic heterocycles. The first-order valence-electron chi connectivity index (χ1n) is 4.86. The second-order valence-corrected chi connectivity index (χ2v) is 3.74. The van der Waals surface area contributed by atoms with E-state index >= 15 is 0 Å². The number of hydrogen-bond donors (Lipinski definition) is 1. The summed E-state index contributed by atoms with van der Waals surface area (Å²) in [6.07, 6.45) is 2.82. The summed E-state index contributed by atoms with van der Waals surface area (Å²) >= 11 is 0. The normalized spacial score (nSPS) is 41.8. The van der Waals surface area contributed by atoms with E-state index in [4.69, 9.17) is 14.2 Å². The van der Waals surface area contributed by atoms with E-state index in [-0.39, 0.29) is 5.92 Å². The lowest BCUT2D eigenvalue weighted by atomic mass is 9.85. The van der Waals surface area contributed by atoms with Gasteiger partial charge in [0.2, 0.25) is 5.79 Å². The molecule has 2 rings (SSSR count). The zero-order valence-electron chi connectivity index (χ0n) is 8.53. The second kappa shape index (κ2) is 3.53. The van der Waals surface area contributed by atoms with Crippen molar-refractivity contribution in [3.63, 3.8) is 0 Å². The number of aliphatic hydroxyl groups is 1. The van der Waals surface area contributed by atoms with Gasteiger partial charge in [0.05, 0.1) is 19.8 Å². The van der Waals surface area contributed by atoms with Crippen molar-refractivity contribution in [2.45, 2.75) is 24.7 Å². The highest BCUT2D eigenvalue weighted by Crippen LogP contribution is 2.44. The van der Waals surface area contributed by atoms with Crippen molar-refractivity contribution in [2.75, 3.05) is 20.8 Å². The summed E-state index contributed by atoms with van der Waals surface area (Å²) in [5.74, 6) is 0.0530. The molecule has 1 saturated heterocycles. The lowest BCUT2D eigenvalue weighted by Gasteiger charge is -2.37. The molecule has 1 aliphatic heterocycles. The molecule has 4 heteroatoms.